The van der Waals surface area contributed by atoms with Gasteiger partial charge in [-0.1, -0.05) is 12.1 Å². The van der Waals surface area contributed by atoms with E-state index < -0.39 is 41.4 Å². The third-order valence-corrected chi connectivity index (χ3v) is 5.24. The van der Waals surface area contributed by atoms with E-state index in [0.29, 0.717) is 11.0 Å². The van der Waals surface area contributed by atoms with Gasteiger partial charge in [0.1, 0.15) is 22.7 Å². The second-order valence-electron chi connectivity index (χ2n) is 9.03. The molecule has 1 saturated heterocycles. The van der Waals surface area contributed by atoms with Gasteiger partial charge in [0.15, 0.2) is 11.4 Å². The summed E-state index contributed by atoms with van der Waals surface area (Å²) in [4.78, 5) is 34.2. The first-order valence-electron chi connectivity index (χ1n) is 10.8. The first-order chi connectivity index (χ1) is 15.9. The predicted molar refractivity (Wildman–Crippen MR) is 117 cm³/mol. The van der Waals surface area contributed by atoms with E-state index in [1.54, 1.807) is 45.0 Å². The third kappa shape index (κ3) is 5.10. The Kier molecular flexibility index (Phi) is 7.40. The smallest absolute Gasteiger partial charge is 0.401 e. The summed E-state index contributed by atoms with van der Waals surface area (Å²) < 4.78 is 45.9. The first kappa shape index (κ1) is 26.8. The summed E-state index contributed by atoms with van der Waals surface area (Å²) in [6, 6.07) is 5.65. The molecule has 2 aromatic heterocycles. The number of aromatic nitrogens is 2. The number of carbonyl (C=O) groups excluding carboxylic acids is 2. The molecule has 0 saturated carbocycles. The van der Waals surface area contributed by atoms with E-state index in [2.05, 4.69) is 14.7 Å². The number of hydrogen-bond donors (Lipinski definition) is 1. The summed E-state index contributed by atoms with van der Waals surface area (Å²) in [6.45, 7) is 6.15. The summed E-state index contributed by atoms with van der Waals surface area (Å²) in [5.41, 5.74) is -0.354. The zero-order chi connectivity index (χ0) is 24.8. The van der Waals surface area contributed by atoms with Crippen LogP contribution in [0.4, 0.5) is 14.6 Å². The SMILES string of the molecule is CCOC(=O)C(F)(F)c1nc(N2C[C@@H](O)C[C@H]2C(=O)OC(C)(C)C)c2oc3ccccc3c2n1.[Cu]. The number of carbonyl (C=O) groups is 2. The number of furan rings is 1. The minimum absolute atomic E-state index is 0. The topological polar surface area (TPSA) is 115 Å². The van der Waals surface area contributed by atoms with Gasteiger partial charge in [-0.2, -0.15) is 8.78 Å². The number of β-amino-alcohol motifs (C(OH)–C–C–N with tert-alkyl or cyclic N) is 1. The van der Waals surface area contributed by atoms with Crippen molar-refractivity contribution in [3.8, 4) is 0 Å². The molecule has 2 atom stereocenters. The van der Waals surface area contributed by atoms with Crippen LogP contribution in [0.25, 0.3) is 22.1 Å². The quantitative estimate of drug-likeness (QED) is 0.384. The molecule has 3 aromatic rings. The molecule has 4 rings (SSSR count). The molecule has 193 valence electrons. The van der Waals surface area contributed by atoms with Gasteiger partial charge in [0, 0.05) is 35.4 Å². The number of anilines is 1. The molecular weight excluding hydrogens is 516 g/mol. The summed E-state index contributed by atoms with van der Waals surface area (Å²) in [7, 11) is 0. The second kappa shape index (κ2) is 9.67. The van der Waals surface area contributed by atoms with E-state index in [1.165, 1.54) is 11.8 Å². The van der Waals surface area contributed by atoms with Gasteiger partial charge in [-0.05, 0) is 39.8 Å². The van der Waals surface area contributed by atoms with Crippen molar-refractivity contribution in [1.82, 2.24) is 9.97 Å². The monoisotopic (exact) mass is 540 g/mol. The summed E-state index contributed by atoms with van der Waals surface area (Å²) in [5.74, 6) is -7.84. The van der Waals surface area contributed by atoms with Crippen molar-refractivity contribution in [1.29, 1.82) is 0 Å². The molecule has 0 unspecified atom stereocenters. The van der Waals surface area contributed by atoms with E-state index >= 15 is 8.78 Å². The molecular formula is C23H25CuF2N3O6. The number of hydrogen-bond acceptors (Lipinski definition) is 9. The Balaban J connectivity index is 0.00000342. The molecule has 9 nitrogen and oxygen atoms in total. The van der Waals surface area contributed by atoms with Crippen LogP contribution in [-0.2, 0) is 42.1 Å². The maximum atomic E-state index is 15.0. The van der Waals surface area contributed by atoms with E-state index in [1.807, 2.05) is 0 Å². The number of fused-ring (bicyclic) bond motifs is 3. The molecule has 1 aromatic carbocycles. The fraction of sp³-hybridized carbons (Fsp3) is 0.478. The summed E-state index contributed by atoms with van der Waals surface area (Å²) in [5, 5.41) is 10.8. The van der Waals surface area contributed by atoms with Crippen molar-refractivity contribution in [2.75, 3.05) is 18.1 Å². The van der Waals surface area contributed by atoms with Crippen molar-refractivity contribution in [2.45, 2.75) is 57.8 Å². The zero-order valence-electron chi connectivity index (χ0n) is 19.5. The first-order valence-corrected chi connectivity index (χ1v) is 10.8. The van der Waals surface area contributed by atoms with Crippen LogP contribution in [0.15, 0.2) is 28.7 Å². The number of benzene rings is 1. The van der Waals surface area contributed by atoms with Crippen molar-refractivity contribution in [2.24, 2.45) is 0 Å². The van der Waals surface area contributed by atoms with Crippen molar-refractivity contribution in [3.63, 3.8) is 0 Å². The normalized spacial score (nSPS) is 18.5. The maximum Gasteiger partial charge on any atom is 0.401 e. The van der Waals surface area contributed by atoms with Crippen LogP contribution in [0.2, 0.25) is 0 Å². The standard InChI is InChI=1S/C23H25F2N3O6.Cu/c1-5-32-21(31)23(24,25)20-26-16-13-8-6-7-9-15(13)33-17(16)18(27-20)28-11-12(29)10-14(28)19(30)34-22(2,3)4;/h6-9,12,14,29H,5,10-11H2,1-4H3;/t12-,14-;/m0./s1. The Labute approximate surface area is 210 Å². The van der Waals surface area contributed by atoms with Crippen molar-refractivity contribution >= 4 is 39.8 Å². The number of halogens is 2. The molecule has 0 amide bonds. The zero-order valence-corrected chi connectivity index (χ0v) is 20.4. The van der Waals surface area contributed by atoms with Gasteiger partial charge in [0.05, 0.1) is 12.7 Å². The number of aliphatic hydroxyl groups excluding tert-OH is 1. The molecule has 1 aliphatic rings. The Morgan fingerprint density at radius 2 is 1.91 bits per heavy atom. The third-order valence-electron chi connectivity index (χ3n) is 5.24. The van der Waals surface area contributed by atoms with Gasteiger partial charge < -0.3 is 23.9 Å². The van der Waals surface area contributed by atoms with Crippen LogP contribution in [0.5, 0.6) is 0 Å². The number of alkyl halides is 2. The Hall–Kier alpha value is -2.82. The van der Waals surface area contributed by atoms with Crippen molar-refractivity contribution in [3.05, 3.63) is 30.1 Å². The fourth-order valence-electron chi connectivity index (χ4n) is 3.87. The minimum atomic E-state index is -4.16. The molecule has 1 N–H and O–H groups in total. The molecule has 0 bridgehead atoms. The van der Waals surface area contributed by atoms with E-state index in [9.17, 15) is 14.7 Å². The molecule has 35 heavy (non-hydrogen) atoms. The van der Waals surface area contributed by atoms with Crippen LogP contribution in [0.1, 0.15) is 39.9 Å². The van der Waals surface area contributed by atoms with Crippen LogP contribution in [0, 0.1) is 0 Å². The minimum Gasteiger partial charge on any atom is -0.461 e. The number of rotatable bonds is 5. The van der Waals surface area contributed by atoms with Gasteiger partial charge in [0.25, 0.3) is 0 Å². The van der Waals surface area contributed by atoms with E-state index in [0.717, 1.165) is 0 Å². The van der Waals surface area contributed by atoms with Crippen molar-refractivity contribution < 1.29 is 54.4 Å². The number of esters is 2. The Morgan fingerprint density at radius 1 is 1.23 bits per heavy atom. The maximum absolute atomic E-state index is 15.0. The number of nitrogens with zero attached hydrogens (tertiary/aromatic N) is 3. The number of para-hydroxylation sites is 1. The van der Waals surface area contributed by atoms with Crippen LogP contribution < -0.4 is 4.90 Å². The number of aliphatic hydroxyl groups is 1. The molecule has 0 spiro atoms. The molecule has 0 aliphatic carbocycles. The number of ether oxygens (including phenoxy) is 2. The molecule has 1 fully saturated rings. The van der Waals surface area contributed by atoms with Gasteiger partial charge in [0.2, 0.25) is 5.82 Å². The van der Waals surface area contributed by atoms with Gasteiger partial charge >= 0.3 is 17.9 Å². The summed E-state index contributed by atoms with van der Waals surface area (Å²) in [6.07, 6.45) is -0.939. The Morgan fingerprint density at radius 3 is 2.57 bits per heavy atom. The fourth-order valence-corrected chi connectivity index (χ4v) is 3.87. The molecule has 1 aliphatic heterocycles. The molecule has 12 heteroatoms. The van der Waals surface area contributed by atoms with Gasteiger partial charge in [-0.3, -0.25) is 0 Å². The molecule has 3 heterocycles. The second-order valence-corrected chi connectivity index (χ2v) is 9.03. The predicted octanol–water partition coefficient (Wildman–Crippen LogP) is 3.31. The molecule has 1 radical (unpaired) electrons. The summed E-state index contributed by atoms with van der Waals surface area (Å²) >= 11 is 0. The van der Waals surface area contributed by atoms with E-state index in [4.69, 9.17) is 9.15 Å². The average molecular weight is 541 g/mol. The van der Waals surface area contributed by atoms with Crippen LogP contribution in [0.3, 0.4) is 0 Å². The Bertz CT molecular complexity index is 1260. The van der Waals surface area contributed by atoms with E-state index in [-0.39, 0.29) is 53.6 Å². The van der Waals surface area contributed by atoms with Gasteiger partial charge in [-0.15, -0.1) is 0 Å². The van der Waals surface area contributed by atoms with Crippen LogP contribution in [-0.4, -0.2) is 57.9 Å². The average Bonchev–Trinajstić information content (AvgIpc) is 3.32. The van der Waals surface area contributed by atoms with Crippen LogP contribution >= 0.6 is 0 Å². The van der Waals surface area contributed by atoms with Gasteiger partial charge in [-0.25, -0.2) is 19.6 Å². The largest absolute Gasteiger partial charge is 0.461 e.